The summed E-state index contributed by atoms with van der Waals surface area (Å²) in [5.41, 5.74) is 0.629. The average Bonchev–Trinajstić information content (AvgIpc) is 2.29. The van der Waals surface area contributed by atoms with E-state index in [0.29, 0.717) is 17.4 Å². The second-order valence-corrected chi connectivity index (χ2v) is 5.41. The maximum atomic E-state index is 13.5. The van der Waals surface area contributed by atoms with Crippen LogP contribution in [0.2, 0.25) is 5.02 Å². The largest absolute Gasteiger partial charge is 0.313 e. The lowest BCUT2D eigenvalue weighted by Gasteiger charge is -2.09. The smallest absolute Gasteiger partial charge is 0.146 e. The molecule has 0 aliphatic carbocycles. The van der Waals surface area contributed by atoms with Crippen LogP contribution in [0.4, 0.5) is 4.39 Å². The molecule has 90 valence electrons. The topological polar surface area (TPSA) is 12.0 Å². The zero-order valence-corrected chi connectivity index (χ0v) is 11.2. The monoisotopic (exact) mass is 261 g/mol. The summed E-state index contributed by atoms with van der Waals surface area (Å²) in [6.07, 6.45) is 3.19. The van der Waals surface area contributed by atoms with Gasteiger partial charge < -0.3 is 5.32 Å². The molecule has 0 aliphatic heterocycles. The van der Waals surface area contributed by atoms with Crippen molar-refractivity contribution in [2.24, 2.45) is 0 Å². The molecule has 0 heterocycles. The first-order valence-corrected chi connectivity index (χ1v) is 6.98. The molecule has 1 N–H and O–H groups in total. The van der Waals surface area contributed by atoms with E-state index in [1.54, 1.807) is 18.2 Å². The molecular weight excluding hydrogens is 245 g/mol. The fraction of sp³-hybridized carbons (Fsp3) is 0.500. The molecule has 0 amide bonds. The molecule has 0 saturated carbocycles. The van der Waals surface area contributed by atoms with Crippen molar-refractivity contribution in [2.75, 3.05) is 12.8 Å². The molecule has 0 spiro atoms. The van der Waals surface area contributed by atoms with Crippen molar-refractivity contribution in [3.63, 3.8) is 0 Å². The number of thioether (sulfide) groups is 1. The molecule has 4 heteroatoms. The van der Waals surface area contributed by atoms with E-state index in [0.717, 1.165) is 13.0 Å². The Kier molecular flexibility index (Phi) is 6.17. The van der Waals surface area contributed by atoms with E-state index in [2.05, 4.69) is 18.5 Å². The van der Waals surface area contributed by atoms with Gasteiger partial charge in [0.1, 0.15) is 5.82 Å². The molecule has 0 aliphatic rings. The lowest BCUT2D eigenvalue weighted by Crippen LogP contribution is -2.18. The van der Waals surface area contributed by atoms with Gasteiger partial charge in [-0.3, -0.25) is 0 Å². The van der Waals surface area contributed by atoms with E-state index < -0.39 is 0 Å². The molecule has 0 bridgehead atoms. The molecule has 1 atom stereocenters. The van der Waals surface area contributed by atoms with E-state index in [-0.39, 0.29) is 10.8 Å². The van der Waals surface area contributed by atoms with Crippen molar-refractivity contribution in [3.8, 4) is 0 Å². The summed E-state index contributed by atoms with van der Waals surface area (Å²) in [4.78, 5) is 0. The van der Waals surface area contributed by atoms with Crippen molar-refractivity contribution in [3.05, 3.63) is 34.6 Å². The van der Waals surface area contributed by atoms with Gasteiger partial charge in [0.05, 0.1) is 5.02 Å². The second kappa shape index (κ2) is 7.15. The van der Waals surface area contributed by atoms with E-state index in [1.807, 2.05) is 11.8 Å². The Morgan fingerprint density at radius 1 is 1.50 bits per heavy atom. The highest BCUT2D eigenvalue weighted by Gasteiger charge is 2.05. The maximum absolute atomic E-state index is 13.5. The van der Waals surface area contributed by atoms with Crippen LogP contribution in [0, 0.1) is 5.82 Å². The number of halogens is 2. The SMILES string of the molecule is CSC(C)CCNCc1cccc(Cl)c1F. The molecule has 0 aromatic heterocycles. The molecule has 1 aromatic carbocycles. The molecule has 16 heavy (non-hydrogen) atoms. The first kappa shape index (κ1) is 13.8. The van der Waals surface area contributed by atoms with Crippen LogP contribution in [0.25, 0.3) is 0 Å². The fourth-order valence-electron chi connectivity index (χ4n) is 1.33. The van der Waals surface area contributed by atoms with Gasteiger partial charge in [-0.1, -0.05) is 30.7 Å². The van der Waals surface area contributed by atoms with Gasteiger partial charge in [0.15, 0.2) is 0 Å². The highest BCUT2D eigenvalue weighted by atomic mass is 35.5. The van der Waals surface area contributed by atoms with Gasteiger partial charge in [0, 0.05) is 17.4 Å². The molecular formula is C12H17ClFNS. The number of hydrogen-bond acceptors (Lipinski definition) is 2. The Balaban J connectivity index is 2.35. The standard InChI is InChI=1S/C12H17ClFNS/c1-9(16-2)6-7-15-8-10-4-3-5-11(13)12(10)14/h3-5,9,15H,6-8H2,1-2H3. The predicted octanol–water partition coefficient (Wildman–Crippen LogP) is 3.71. The van der Waals surface area contributed by atoms with Crippen molar-refractivity contribution in [1.82, 2.24) is 5.32 Å². The maximum Gasteiger partial charge on any atom is 0.146 e. The molecule has 1 aromatic rings. The van der Waals surface area contributed by atoms with Crippen molar-refractivity contribution in [2.45, 2.75) is 25.1 Å². The van der Waals surface area contributed by atoms with Crippen molar-refractivity contribution < 1.29 is 4.39 Å². The van der Waals surface area contributed by atoms with Gasteiger partial charge in [-0.05, 0) is 25.3 Å². The van der Waals surface area contributed by atoms with Crippen LogP contribution < -0.4 is 5.32 Å². The van der Waals surface area contributed by atoms with Crippen molar-refractivity contribution in [1.29, 1.82) is 0 Å². The van der Waals surface area contributed by atoms with Crippen LogP contribution in [0.3, 0.4) is 0 Å². The highest BCUT2D eigenvalue weighted by Crippen LogP contribution is 2.17. The predicted molar refractivity (Wildman–Crippen MR) is 70.7 cm³/mol. The molecule has 0 radical (unpaired) electrons. The lowest BCUT2D eigenvalue weighted by molar-refractivity contribution is 0.582. The van der Waals surface area contributed by atoms with Crippen LogP contribution in [0.5, 0.6) is 0 Å². The van der Waals surface area contributed by atoms with Crippen LogP contribution in [-0.4, -0.2) is 18.1 Å². The summed E-state index contributed by atoms with van der Waals surface area (Å²) in [5, 5.41) is 4.05. The van der Waals surface area contributed by atoms with E-state index in [4.69, 9.17) is 11.6 Å². The minimum Gasteiger partial charge on any atom is -0.313 e. The normalized spacial score (nSPS) is 12.8. The Labute approximate surface area is 106 Å². The summed E-state index contributed by atoms with van der Waals surface area (Å²) in [7, 11) is 0. The Bertz CT molecular complexity index is 333. The molecule has 0 saturated heterocycles. The minimum absolute atomic E-state index is 0.191. The number of hydrogen-bond donors (Lipinski definition) is 1. The highest BCUT2D eigenvalue weighted by molar-refractivity contribution is 7.99. The van der Waals surface area contributed by atoms with Crippen molar-refractivity contribution >= 4 is 23.4 Å². The summed E-state index contributed by atoms with van der Waals surface area (Å²) in [5.74, 6) is -0.311. The summed E-state index contributed by atoms with van der Waals surface area (Å²) in [6, 6.07) is 5.09. The van der Waals surface area contributed by atoms with Crippen LogP contribution >= 0.6 is 23.4 Å². The number of benzene rings is 1. The minimum atomic E-state index is -0.311. The fourth-order valence-corrected chi connectivity index (χ4v) is 1.88. The zero-order chi connectivity index (χ0) is 12.0. The summed E-state index contributed by atoms with van der Waals surface area (Å²) < 4.78 is 13.5. The number of rotatable bonds is 6. The van der Waals surface area contributed by atoms with Gasteiger partial charge in [0.2, 0.25) is 0 Å². The third kappa shape index (κ3) is 4.32. The van der Waals surface area contributed by atoms with E-state index in [9.17, 15) is 4.39 Å². The molecule has 1 unspecified atom stereocenters. The first-order chi connectivity index (χ1) is 7.65. The van der Waals surface area contributed by atoms with Gasteiger partial charge in [-0.25, -0.2) is 4.39 Å². The summed E-state index contributed by atoms with van der Waals surface area (Å²) >= 11 is 7.53. The first-order valence-electron chi connectivity index (χ1n) is 5.31. The number of nitrogens with one attached hydrogen (secondary N) is 1. The Morgan fingerprint density at radius 2 is 2.25 bits per heavy atom. The third-order valence-corrected chi connectivity index (χ3v) is 3.81. The van der Waals surface area contributed by atoms with Crippen LogP contribution in [0.1, 0.15) is 18.9 Å². The molecule has 1 rings (SSSR count). The van der Waals surface area contributed by atoms with Crippen LogP contribution in [0.15, 0.2) is 18.2 Å². The third-order valence-electron chi connectivity index (χ3n) is 2.48. The van der Waals surface area contributed by atoms with Gasteiger partial charge in [-0.2, -0.15) is 11.8 Å². The van der Waals surface area contributed by atoms with Crippen LogP contribution in [-0.2, 0) is 6.54 Å². The Morgan fingerprint density at radius 3 is 2.94 bits per heavy atom. The summed E-state index contributed by atoms with van der Waals surface area (Å²) in [6.45, 7) is 3.62. The lowest BCUT2D eigenvalue weighted by atomic mass is 10.2. The molecule has 0 fully saturated rings. The van der Waals surface area contributed by atoms with Gasteiger partial charge >= 0.3 is 0 Å². The Hall–Kier alpha value is -0.250. The molecule has 1 nitrogen and oxygen atoms in total. The van der Waals surface area contributed by atoms with Gasteiger partial charge in [-0.15, -0.1) is 0 Å². The van der Waals surface area contributed by atoms with E-state index in [1.165, 1.54) is 0 Å². The quantitative estimate of drug-likeness (QED) is 0.784. The van der Waals surface area contributed by atoms with Gasteiger partial charge in [0.25, 0.3) is 0 Å². The zero-order valence-electron chi connectivity index (χ0n) is 9.59. The second-order valence-electron chi connectivity index (χ2n) is 3.72. The average molecular weight is 262 g/mol. The van der Waals surface area contributed by atoms with E-state index >= 15 is 0 Å².